The SMILES string of the molecule is Fc1ccc(COc2ccc(Cl)cc2F)cc1F. The smallest absolute Gasteiger partial charge is 0.166 e. The molecule has 0 fully saturated rings. The Hall–Kier alpha value is -1.68. The van der Waals surface area contributed by atoms with Gasteiger partial charge >= 0.3 is 0 Å². The molecule has 94 valence electrons. The van der Waals surface area contributed by atoms with Crippen molar-refractivity contribution in [1.29, 1.82) is 0 Å². The highest BCUT2D eigenvalue weighted by Gasteiger charge is 2.06. The fourth-order valence-corrected chi connectivity index (χ4v) is 1.54. The molecule has 0 N–H and O–H groups in total. The fourth-order valence-electron chi connectivity index (χ4n) is 1.38. The maximum absolute atomic E-state index is 13.4. The van der Waals surface area contributed by atoms with Gasteiger partial charge in [0.25, 0.3) is 0 Å². The summed E-state index contributed by atoms with van der Waals surface area (Å²) in [6.07, 6.45) is 0. The van der Waals surface area contributed by atoms with Gasteiger partial charge in [-0.05, 0) is 35.9 Å². The molecule has 0 spiro atoms. The van der Waals surface area contributed by atoms with E-state index in [0.29, 0.717) is 5.56 Å². The van der Waals surface area contributed by atoms with Crippen molar-refractivity contribution < 1.29 is 17.9 Å². The summed E-state index contributed by atoms with van der Waals surface area (Å²) in [5.41, 5.74) is 0.406. The molecule has 0 aliphatic rings. The van der Waals surface area contributed by atoms with E-state index in [2.05, 4.69) is 0 Å². The van der Waals surface area contributed by atoms with Gasteiger partial charge in [0.05, 0.1) is 0 Å². The van der Waals surface area contributed by atoms with E-state index in [0.717, 1.165) is 18.2 Å². The van der Waals surface area contributed by atoms with E-state index >= 15 is 0 Å². The first-order chi connectivity index (χ1) is 8.56. The van der Waals surface area contributed by atoms with Crippen LogP contribution < -0.4 is 4.74 Å². The molecule has 0 unspecified atom stereocenters. The molecule has 0 amide bonds. The van der Waals surface area contributed by atoms with E-state index in [-0.39, 0.29) is 17.4 Å². The van der Waals surface area contributed by atoms with Crippen LogP contribution in [-0.2, 0) is 6.61 Å². The lowest BCUT2D eigenvalue weighted by Gasteiger charge is -2.07. The summed E-state index contributed by atoms with van der Waals surface area (Å²) in [6, 6.07) is 7.33. The average molecular weight is 273 g/mol. The van der Waals surface area contributed by atoms with Gasteiger partial charge in [-0.3, -0.25) is 0 Å². The van der Waals surface area contributed by atoms with Crippen LogP contribution in [0.3, 0.4) is 0 Å². The Kier molecular flexibility index (Phi) is 3.77. The molecule has 0 saturated carbocycles. The van der Waals surface area contributed by atoms with Gasteiger partial charge in [-0.15, -0.1) is 0 Å². The average Bonchev–Trinajstić information content (AvgIpc) is 2.32. The van der Waals surface area contributed by atoms with Crippen molar-refractivity contribution in [3.05, 3.63) is 64.4 Å². The van der Waals surface area contributed by atoms with Crippen LogP contribution in [0.25, 0.3) is 0 Å². The van der Waals surface area contributed by atoms with E-state index < -0.39 is 17.5 Å². The van der Waals surface area contributed by atoms with E-state index in [4.69, 9.17) is 16.3 Å². The summed E-state index contributed by atoms with van der Waals surface area (Å²) in [6.45, 7) is -0.0598. The van der Waals surface area contributed by atoms with Gasteiger partial charge < -0.3 is 4.74 Å². The Labute approximate surface area is 107 Å². The molecule has 2 aromatic rings. The lowest BCUT2D eigenvalue weighted by atomic mass is 10.2. The zero-order valence-electron chi connectivity index (χ0n) is 9.09. The molecular formula is C13H8ClF3O. The molecule has 0 radical (unpaired) electrons. The van der Waals surface area contributed by atoms with Gasteiger partial charge in [0.1, 0.15) is 6.61 Å². The van der Waals surface area contributed by atoms with Gasteiger partial charge in [0.15, 0.2) is 23.2 Å². The Balaban J connectivity index is 2.09. The molecule has 0 aromatic heterocycles. The van der Waals surface area contributed by atoms with Gasteiger partial charge in [-0.2, -0.15) is 0 Å². The van der Waals surface area contributed by atoms with E-state index in [1.165, 1.54) is 18.2 Å². The zero-order chi connectivity index (χ0) is 13.1. The fraction of sp³-hybridized carbons (Fsp3) is 0.0769. The normalized spacial score (nSPS) is 10.4. The summed E-state index contributed by atoms with van der Waals surface area (Å²) in [5, 5.41) is 0.257. The third-order valence-corrected chi connectivity index (χ3v) is 2.51. The number of ether oxygens (including phenoxy) is 1. The monoisotopic (exact) mass is 272 g/mol. The summed E-state index contributed by atoms with van der Waals surface area (Å²) < 4.78 is 44.1. The van der Waals surface area contributed by atoms with Gasteiger partial charge in [0.2, 0.25) is 0 Å². The quantitative estimate of drug-likeness (QED) is 0.808. The Morgan fingerprint density at radius 3 is 2.33 bits per heavy atom. The van der Waals surface area contributed by atoms with Crippen molar-refractivity contribution in [1.82, 2.24) is 0 Å². The summed E-state index contributed by atoms with van der Waals surface area (Å²) in [7, 11) is 0. The first-order valence-electron chi connectivity index (χ1n) is 5.08. The largest absolute Gasteiger partial charge is 0.486 e. The molecule has 0 heterocycles. The van der Waals surface area contributed by atoms with Crippen molar-refractivity contribution in [2.75, 3.05) is 0 Å². The minimum atomic E-state index is -0.965. The topological polar surface area (TPSA) is 9.23 Å². The molecule has 0 saturated heterocycles. The Morgan fingerprint density at radius 1 is 0.889 bits per heavy atom. The van der Waals surface area contributed by atoms with Crippen molar-refractivity contribution in [2.24, 2.45) is 0 Å². The maximum atomic E-state index is 13.4. The lowest BCUT2D eigenvalue weighted by Crippen LogP contribution is -1.98. The minimum absolute atomic E-state index is 0.00383. The molecular weight excluding hydrogens is 265 g/mol. The summed E-state index contributed by atoms with van der Waals surface area (Å²) in [5.74, 6) is -2.50. The first kappa shape index (κ1) is 12.8. The Bertz CT molecular complexity index is 572. The number of hydrogen-bond donors (Lipinski definition) is 0. The highest BCUT2D eigenvalue weighted by molar-refractivity contribution is 6.30. The van der Waals surface area contributed by atoms with Crippen LogP contribution in [-0.4, -0.2) is 0 Å². The first-order valence-corrected chi connectivity index (χ1v) is 5.46. The molecule has 0 bridgehead atoms. The third kappa shape index (κ3) is 2.96. The number of halogens is 4. The molecule has 18 heavy (non-hydrogen) atoms. The molecule has 2 aromatic carbocycles. The molecule has 5 heteroatoms. The van der Waals surface area contributed by atoms with Crippen molar-refractivity contribution >= 4 is 11.6 Å². The lowest BCUT2D eigenvalue weighted by molar-refractivity contribution is 0.289. The summed E-state index contributed by atoms with van der Waals surface area (Å²) in [4.78, 5) is 0. The van der Waals surface area contributed by atoms with E-state index in [1.54, 1.807) is 0 Å². The second kappa shape index (κ2) is 5.31. The number of hydrogen-bond acceptors (Lipinski definition) is 1. The predicted octanol–water partition coefficient (Wildman–Crippen LogP) is 4.34. The van der Waals surface area contributed by atoms with Crippen LogP contribution in [0.2, 0.25) is 5.02 Å². The van der Waals surface area contributed by atoms with Crippen molar-refractivity contribution in [2.45, 2.75) is 6.61 Å². The van der Waals surface area contributed by atoms with Gasteiger partial charge in [-0.1, -0.05) is 17.7 Å². The molecule has 0 aliphatic carbocycles. The van der Waals surface area contributed by atoms with Crippen LogP contribution >= 0.6 is 11.6 Å². The van der Waals surface area contributed by atoms with Gasteiger partial charge in [0, 0.05) is 5.02 Å². The molecule has 1 nitrogen and oxygen atoms in total. The highest BCUT2D eigenvalue weighted by atomic mass is 35.5. The van der Waals surface area contributed by atoms with Crippen LogP contribution in [0.1, 0.15) is 5.56 Å². The maximum Gasteiger partial charge on any atom is 0.166 e. The zero-order valence-corrected chi connectivity index (χ0v) is 9.85. The Morgan fingerprint density at radius 2 is 1.67 bits per heavy atom. The van der Waals surface area contributed by atoms with Crippen molar-refractivity contribution in [3.63, 3.8) is 0 Å². The van der Waals surface area contributed by atoms with E-state index in [9.17, 15) is 13.2 Å². The second-order valence-corrected chi connectivity index (χ2v) is 4.05. The van der Waals surface area contributed by atoms with Crippen LogP contribution in [0.5, 0.6) is 5.75 Å². The predicted molar refractivity (Wildman–Crippen MR) is 62.1 cm³/mol. The van der Waals surface area contributed by atoms with E-state index in [1.807, 2.05) is 0 Å². The summed E-state index contributed by atoms with van der Waals surface area (Å²) >= 11 is 5.59. The highest BCUT2D eigenvalue weighted by Crippen LogP contribution is 2.22. The van der Waals surface area contributed by atoms with Gasteiger partial charge in [-0.25, -0.2) is 13.2 Å². The molecule has 0 atom stereocenters. The second-order valence-electron chi connectivity index (χ2n) is 3.61. The molecule has 2 rings (SSSR count). The van der Waals surface area contributed by atoms with Crippen molar-refractivity contribution in [3.8, 4) is 5.75 Å². The minimum Gasteiger partial charge on any atom is -0.486 e. The molecule has 0 aliphatic heterocycles. The third-order valence-electron chi connectivity index (χ3n) is 2.27. The number of rotatable bonds is 3. The number of benzene rings is 2. The van der Waals surface area contributed by atoms with Crippen LogP contribution in [0, 0.1) is 17.5 Å². The standard InChI is InChI=1S/C13H8ClF3O/c14-9-2-4-13(12(17)6-9)18-7-8-1-3-10(15)11(16)5-8/h1-6H,7H2. The van der Waals surface area contributed by atoms with Crippen LogP contribution in [0.15, 0.2) is 36.4 Å². The van der Waals surface area contributed by atoms with Crippen LogP contribution in [0.4, 0.5) is 13.2 Å².